The van der Waals surface area contributed by atoms with Gasteiger partial charge in [0.2, 0.25) is 0 Å². The molecule has 27 heavy (non-hydrogen) atoms. The summed E-state index contributed by atoms with van der Waals surface area (Å²) in [6.07, 6.45) is 4.53. The van der Waals surface area contributed by atoms with Crippen molar-refractivity contribution in [3.05, 3.63) is 40.3 Å². The molecule has 0 amide bonds. The van der Waals surface area contributed by atoms with Crippen molar-refractivity contribution >= 4 is 17.8 Å². The normalized spacial score (nSPS) is 23.4. The zero-order valence-electron chi connectivity index (χ0n) is 16.2. The molecule has 1 aromatic heterocycles. The quantitative estimate of drug-likeness (QED) is 0.666. The van der Waals surface area contributed by atoms with Crippen LogP contribution in [0.5, 0.6) is 0 Å². The van der Waals surface area contributed by atoms with Crippen molar-refractivity contribution in [2.75, 3.05) is 17.6 Å². The molecule has 1 aliphatic carbocycles. The monoisotopic (exact) mass is 373 g/mol. The molecule has 0 saturated heterocycles. The van der Waals surface area contributed by atoms with Crippen LogP contribution >= 0.6 is 0 Å². The predicted octanol–water partition coefficient (Wildman–Crippen LogP) is 2.22. The highest BCUT2D eigenvalue weighted by molar-refractivity contribution is 5.76. The first-order valence-corrected chi connectivity index (χ1v) is 9.32. The highest BCUT2D eigenvalue weighted by Gasteiger charge is 2.33. The van der Waals surface area contributed by atoms with Gasteiger partial charge in [0.15, 0.2) is 0 Å². The third-order valence-corrected chi connectivity index (χ3v) is 5.62. The van der Waals surface area contributed by atoms with Gasteiger partial charge in [-0.3, -0.25) is 4.68 Å². The van der Waals surface area contributed by atoms with E-state index in [1.54, 1.807) is 4.68 Å². The number of aldehydes is 1. The number of rotatable bonds is 1. The van der Waals surface area contributed by atoms with Crippen LogP contribution in [0.3, 0.4) is 0 Å². The Labute approximate surface area is 159 Å². The number of anilines is 2. The minimum absolute atomic E-state index is 0.270. The number of hydrogen-bond acceptors (Lipinski definition) is 5. The van der Waals surface area contributed by atoms with Crippen LogP contribution in [0.25, 0.3) is 0 Å². The number of fused-ring (bicyclic) bond motifs is 2. The van der Waals surface area contributed by atoms with E-state index in [0.717, 1.165) is 60.4 Å². The van der Waals surface area contributed by atoms with Gasteiger partial charge in [-0.1, -0.05) is 0 Å². The molecule has 2 heterocycles. The maximum atomic E-state index is 13.3. The van der Waals surface area contributed by atoms with Crippen molar-refractivity contribution < 1.29 is 9.18 Å². The average Bonchev–Trinajstić information content (AvgIpc) is 2.90. The molecule has 7 heteroatoms. The fourth-order valence-corrected chi connectivity index (χ4v) is 3.89. The van der Waals surface area contributed by atoms with E-state index in [1.807, 2.05) is 20.9 Å². The Balaban J connectivity index is 0.000000159. The summed E-state index contributed by atoms with van der Waals surface area (Å²) in [5.41, 5.74) is 16.0. The third kappa shape index (κ3) is 3.69. The summed E-state index contributed by atoms with van der Waals surface area (Å²) >= 11 is 0. The maximum Gasteiger partial charge on any atom is 0.130 e. The Hall–Kier alpha value is -2.41. The van der Waals surface area contributed by atoms with Gasteiger partial charge < -0.3 is 21.6 Å². The number of hydrogen-bond donors (Lipinski definition) is 3. The smallest absolute Gasteiger partial charge is 0.130 e. The standard InChI is InChI=1S/C12H14FNO.C8H14N4/c1-8-5-9(13)6-10-11(8)14-4-3-12(10,2)7-15;1-12-8(10)6-3-2-5(9)4-7(6)11-12/h5-7,14H,3-4H2,1-2H3;5H,2-4,9-10H2,1H3. The van der Waals surface area contributed by atoms with E-state index in [2.05, 4.69) is 10.4 Å². The lowest BCUT2D eigenvalue weighted by Gasteiger charge is -2.32. The van der Waals surface area contributed by atoms with E-state index >= 15 is 0 Å². The van der Waals surface area contributed by atoms with Gasteiger partial charge in [0.05, 0.1) is 11.1 Å². The molecule has 146 valence electrons. The van der Waals surface area contributed by atoms with Gasteiger partial charge in [-0.2, -0.15) is 5.10 Å². The topological polar surface area (TPSA) is 99.0 Å². The number of aryl methyl sites for hydroxylation is 2. The van der Waals surface area contributed by atoms with Crippen LogP contribution in [0.15, 0.2) is 12.1 Å². The van der Waals surface area contributed by atoms with Crippen LogP contribution in [0.2, 0.25) is 0 Å². The molecule has 1 aromatic carbocycles. The first kappa shape index (κ1) is 19.4. The minimum Gasteiger partial charge on any atom is -0.385 e. The van der Waals surface area contributed by atoms with E-state index in [9.17, 15) is 9.18 Å². The number of aromatic nitrogens is 2. The van der Waals surface area contributed by atoms with Crippen LogP contribution in [-0.4, -0.2) is 28.7 Å². The number of nitrogens with one attached hydrogen (secondary N) is 1. The molecule has 4 rings (SSSR count). The molecule has 0 saturated carbocycles. The summed E-state index contributed by atoms with van der Waals surface area (Å²) in [5, 5.41) is 7.53. The molecular formula is C20H28FN5O. The van der Waals surface area contributed by atoms with E-state index in [1.165, 1.54) is 17.7 Å². The number of nitrogens with zero attached hydrogens (tertiary/aromatic N) is 2. The summed E-state index contributed by atoms with van der Waals surface area (Å²) in [7, 11) is 1.87. The number of benzene rings is 1. The van der Waals surface area contributed by atoms with Crippen LogP contribution in [0, 0.1) is 12.7 Å². The van der Waals surface area contributed by atoms with Crippen molar-refractivity contribution in [3.63, 3.8) is 0 Å². The van der Waals surface area contributed by atoms with Gasteiger partial charge in [0, 0.05) is 37.3 Å². The Morgan fingerprint density at radius 3 is 2.89 bits per heavy atom. The average molecular weight is 373 g/mol. The van der Waals surface area contributed by atoms with Crippen LogP contribution in [-0.2, 0) is 30.1 Å². The van der Waals surface area contributed by atoms with Crippen LogP contribution in [0.4, 0.5) is 15.9 Å². The number of nitrogens with two attached hydrogens (primary N) is 2. The molecule has 2 unspecified atom stereocenters. The largest absolute Gasteiger partial charge is 0.385 e. The molecule has 0 fully saturated rings. The second kappa shape index (κ2) is 7.31. The second-order valence-electron chi connectivity index (χ2n) is 7.79. The predicted molar refractivity (Wildman–Crippen MR) is 105 cm³/mol. The number of carbonyl (C=O) groups is 1. The molecule has 0 radical (unpaired) electrons. The SMILES string of the molecule is Cc1cc(F)cc2c1NCCC2(C)C=O.Cn1nc2c(c1N)CCC(N)C2. The summed E-state index contributed by atoms with van der Waals surface area (Å²) in [5.74, 6) is 0.528. The first-order chi connectivity index (χ1) is 12.7. The Morgan fingerprint density at radius 1 is 1.44 bits per heavy atom. The number of halogens is 1. The fraction of sp³-hybridized carbons (Fsp3) is 0.500. The molecule has 6 nitrogen and oxygen atoms in total. The number of carbonyl (C=O) groups excluding carboxylic acids is 1. The van der Waals surface area contributed by atoms with E-state index < -0.39 is 5.41 Å². The van der Waals surface area contributed by atoms with Gasteiger partial charge in [-0.25, -0.2) is 4.39 Å². The highest BCUT2D eigenvalue weighted by Crippen LogP contribution is 2.37. The van der Waals surface area contributed by atoms with E-state index in [0.29, 0.717) is 6.42 Å². The molecule has 5 N–H and O–H groups in total. The van der Waals surface area contributed by atoms with Crippen molar-refractivity contribution in [2.24, 2.45) is 12.8 Å². The van der Waals surface area contributed by atoms with Crippen molar-refractivity contribution in [3.8, 4) is 0 Å². The zero-order valence-corrected chi connectivity index (χ0v) is 16.2. The van der Waals surface area contributed by atoms with Gasteiger partial charge in [-0.05, 0) is 56.4 Å². The maximum absolute atomic E-state index is 13.3. The van der Waals surface area contributed by atoms with Crippen LogP contribution in [0.1, 0.15) is 42.1 Å². The van der Waals surface area contributed by atoms with E-state index in [4.69, 9.17) is 11.5 Å². The Morgan fingerprint density at radius 2 is 2.19 bits per heavy atom. The molecule has 2 aliphatic rings. The van der Waals surface area contributed by atoms with Crippen molar-refractivity contribution in [1.82, 2.24) is 9.78 Å². The first-order valence-electron chi connectivity index (χ1n) is 9.32. The van der Waals surface area contributed by atoms with Gasteiger partial charge in [-0.15, -0.1) is 0 Å². The molecular weight excluding hydrogens is 345 g/mol. The lowest BCUT2D eigenvalue weighted by Crippen LogP contribution is -2.33. The third-order valence-electron chi connectivity index (χ3n) is 5.62. The Bertz CT molecular complexity index is 863. The Kier molecular flexibility index (Phi) is 5.24. The minimum atomic E-state index is -0.548. The van der Waals surface area contributed by atoms with Gasteiger partial charge in [0.25, 0.3) is 0 Å². The van der Waals surface area contributed by atoms with Crippen molar-refractivity contribution in [2.45, 2.75) is 51.0 Å². The van der Waals surface area contributed by atoms with Gasteiger partial charge in [0.1, 0.15) is 17.9 Å². The van der Waals surface area contributed by atoms with Crippen LogP contribution < -0.4 is 16.8 Å². The number of nitrogen functional groups attached to an aromatic ring is 1. The van der Waals surface area contributed by atoms with Crippen molar-refractivity contribution in [1.29, 1.82) is 0 Å². The zero-order chi connectivity index (χ0) is 19.8. The van der Waals surface area contributed by atoms with Gasteiger partial charge >= 0.3 is 0 Å². The highest BCUT2D eigenvalue weighted by atomic mass is 19.1. The molecule has 2 aromatic rings. The summed E-state index contributed by atoms with van der Waals surface area (Å²) < 4.78 is 15.0. The second-order valence-corrected chi connectivity index (χ2v) is 7.79. The lowest BCUT2D eigenvalue weighted by atomic mass is 9.77. The molecule has 0 spiro atoms. The summed E-state index contributed by atoms with van der Waals surface area (Å²) in [4.78, 5) is 11.1. The molecule has 1 aliphatic heterocycles. The molecule has 0 bridgehead atoms. The fourth-order valence-electron chi connectivity index (χ4n) is 3.89. The lowest BCUT2D eigenvalue weighted by molar-refractivity contribution is -0.112. The summed E-state index contributed by atoms with van der Waals surface area (Å²) in [6.45, 7) is 4.47. The molecule has 2 atom stereocenters. The van der Waals surface area contributed by atoms with E-state index in [-0.39, 0.29) is 11.9 Å². The summed E-state index contributed by atoms with van der Waals surface area (Å²) in [6, 6.07) is 3.22.